The van der Waals surface area contributed by atoms with Crippen molar-refractivity contribution in [3.05, 3.63) is 81.0 Å². The van der Waals surface area contributed by atoms with E-state index in [0.717, 1.165) is 12.0 Å². The van der Waals surface area contributed by atoms with Gasteiger partial charge in [0, 0.05) is 6.04 Å². The van der Waals surface area contributed by atoms with Crippen LogP contribution in [0.5, 0.6) is 0 Å². The van der Waals surface area contributed by atoms with Gasteiger partial charge in [-0.05, 0) is 31.0 Å². The molecule has 0 unspecified atom stereocenters. The summed E-state index contributed by atoms with van der Waals surface area (Å²) in [6, 6.07) is 16.2. The summed E-state index contributed by atoms with van der Waals surface area (Å²) in [5.74, 6) is -0.249. The van der Waals surface area contributed by atoms with Gasteiger partial charge in [0.1, 0.15) is 6.54 Å². The number of benzene rings is 2. The highest BCUT2D eigenvalue weighted by atomic mass is 16.2. The lowest BCUT2D eigenvalue weighted by atomic mass is 10.2. The lowest BCUT2D eigenvalue weighted by Gasteiger charge is -2.16. The lowest BCUT2D eigenvalue weighted by molar-refractivity contribution is -0.122. The quantitative estimate of drug-likeness (QED) is 0.727. The van der Waals surface area contributed by atoms with Crippen molar-refractivity contribution in [1.29, 1.82) is 0 Å². The molecule has 0 saturated heterocycles. The number of hydrogen-bond acceptors (Lipinski definition) is 3. The molecule has 3 rings (SSSR count). The SMILES string of the molecule is CC[C@H](C)NC(=O)Cn1c(=O)n(Cc2ccccc2)c(=O)c2ccccc21. The second-order valence-corrected chi connectivity index (χ2v) is 6.64. The molecule has 1 atom stereocenters. The molecule has 0 bridgehead atoms. The van der Waals surface area contributed by atoms with E-state index >= 15 is 0 Å². The van der Waals surface area contributed by atoms with Gasteiger partial charge in [0.25, 0.3) is 5.56 Å². The minimum Gasteiger partial charge on any atom is -0.352 e. The third-order valence-electron chi connectivity index (χ3n) is 4.64. The fourth-order valence-corrected chi connectivity index (χ4v) is 3.00. The molecule has 0 spiro atoms. The van der Waals surface area contributed by atoms with E-state index in [2.05, 4.69) is 5.32 Å². The molecule has 27 heavy (non-hydrogen) atoms. The molecular weight excluding hydrogens is 342 g/mol. The first-order valence-electron chi connectivity index (χ1n) is 9.07. The van der Waals surface area contributed by atoms with Crippen molar-refractivity contribution < 1.29 is 4.79 Å². The number of hydrogen-bond donors (Lipinski definition) is 1. The van der Waals surface area contributed by atoms with Crippen LogP contribution in [-0.2, 0) is 17.9 Å². The van der Waals surface area contributed by atoms with Crippen LogP contribution in [-0.4, -0.2) is 21.1 Å². The van der Waals surface area contributed by atoms with E-state index in [4.69, 9.17) is 0 Å². The van der Waals surface area contributed by atoms with Gasteiger partial charge in [0.2, 0.25) is 5.91 Å². The van der Waals surface area contributed by atoms with Gasteiger partial charge in [-0.1, -0.05) is 49.4 Å². The van der Waals surface area contributed by atoms with E-state index in [1.54, 1.807) is 24.3 Å². The van der Waals surface area contributed by atoms with E-state index in [1.165, 1.54) is 9.13 Å². The van der Waals surface area contributed by atoms with Gasteiger partial charge in [-0.3, -0.25) is 18.7 Å². The van der Waals surface area contributed by atoms with Crippen molar-refractivity contribution in [2.75, 3.05) is 0 Å². The van der Waals surface area contributed by atoms with Crippen LogP contribution in [0.3, 0.4) is 0 Å². The molecule has 1 heterocycles. The van der Waals surface area contributed by atoms with Crippen molar-refractivity contribution in [2.45, 2.75) is 39.4 Å². The molecule has 0 saturated carbocycles. The van der Waals surface area contributed by atoms with Gasteiger partial charge < -0.3 is 5.32 Å². The molecule has 1 aromatic heterocycles. The average Bonchev–Trinajstić information content (AvgIpc) is 2.69. The molecule has 0 aliphatic carbocycles. The molecule has 0 fully saturated rings. The molecule has 6 heteroatoms. The number of fused-ring (bicyclic) bond motifs is 1. The number of nitrogens with one attached hydrogen (secondary N) is 1. The Hall–Kier alpha value is -3.15. The summed E-state index contributed by atoms with van der Waals surface area (Å²) in [6.07, 6.45) is 0.800. The average molecular weight is 365 g/mol. The Balaban J connectivity index is 2.10. The van der Waals surface area contributed by atoms with Crippen molar-refractivity contribution in [1.82, 2.24) is 14.5 Å². The highest BCUT2D eigenvalue weighted by molar-refractivity contribution is 5.81. The van der Waals surface area contributed by atoms with Crippen LogP contribution >= 0.6 is 0 Å². The smallest absolute Gasteiger partial charge is 0.332 e. The zero-order valence-corrected chi connectivity index (χ0v) is 15.5. The largest absolute Gasteiger partial charge is 0.352 e. The number of carbonyl (C=O) groups is 1. The first-order chi connectivity index (χ1) is 13.0. The molecule has 1 N–H and O–H groups in total. The molecule has 0 aliphatic rings. The Bertz CT molecular complexity index is 1070. The number of aromatic nitrogens is 2. The summed E-state index contributed by atoms with van der Waals surface area (Å²) in [5.41, 5.74) is 0.485. The highest BCUT2D eigenvalue weighted by Crippen LogP contribution is 2.08. The van der Waals surface area contributed by atoms with Crippen LogP contribution in [0.2, 0.25) is 0 Å². The molecule has 3 aromatic rings. The van der Waals surface area contributed by atoms with E-state index in [9.17, 15) is 14.4 Å². The lowest BCUT2D eigenvalue weighted by Crippen LogP contribution is -2.43. The molecular formula is C21H23N3O3. The Morgan fingerprint density at radius 3 is 2.37 bits per heavy atom. The molecule has 0 aliphatic heterocycles. The minimum absolute atomic E-state index is 0.0229. The molecule has 140 valence electrons. The number of rotatable bonds is 6. The van der Waals surface area contributed by atoms with Crippen LogP contribution in [0.15, 0.2) is 64.2 Å². The van der Waals surface area contributed by atoms with Crippen LogP contribution in [0, 0.1) is 0 Å². The van der Waals surface area contributed by atoms with Crippen molar-refractivity contribution in [3.8, 4) is 0 Å². The standard InChI is InChI=1S/C21H23N3O3/c1-3-15(2)22-19(25)14-23-18-12-8-7-11-17(18)20(26)24(21(23)27)13-16-9-5-4-6-10-16/h4-12,15H,3,13-14H2,1-2H3,(H,22,25)/t15-/m0/s1. The number of para-hydroxylation sites is 1. The number of amides is 1. The summed E-state index contributed by atoms with van der Waals surface area (Å²) >= 11 is 0. The molecule has 0 radical (unpaired) electrons. The number of carbonyl (C=O) groups excluding carboxylic acids is 1. The second-order valence-electron chi connectivity index (χ2n) is 6.64. The van der Waals surface area contributed by atoms with Gasteiger partial charge in [-0.25, -0.2) is 4.79 Å². The van der Waals surface area contributed by atoms with Crippen LogP contribution in [0.4, 0.5) is 0 Å². The zero-order chi connectivity index (χ0) is 19.4. The maximum absolute atomic E-state index is 13.0. The summed E-state index contributed by atoms with van der Waals surface area (Å²) in [6.45, 7) is 3.93. The maximum Gasteiger partial charge on any atom is 0.332 e. The summed E-state index contributed by atoms with van der Waals surface area (Å²) in [7, 11) is 0. The maximum atomic E-state index is 13.0. The van der Waals surface area contributed by atoms with Gasteiger partial charge >= 0.3 is 5.69 Å². The monoisotopic (exact) mass is 365 g/mol. The van der Waals surface area contributed by atoms with Gasteiger partial charge in [0.05, 0.1) is 17.4 Å². The van der Waals surface area contributed by atoms with Crippen LogP contribution in [0.25, 0.3) is 10.9 Å². The molecule has 2 aromatic carbocycles. The van der Waals surface area contributed by atoms with Crippen molar-refractivity contribution in [2.24, 2.45) is 0 Å². The summed E-state index contributed by atoms with van der Waals surface area (Å²) < 4.78 is 2.56. The predicted molar refractivity (Wildman–Crippen MR) is 106 cm³/mol. The normalized spacial score (nSPS) is 12.1. The Labute approximate surface area is 157 Å². The highest BCUT2D eigenvalue weighted by Gasteiger charge is 2.16. The van der Waals surface area contributed by atoms with Crippen molar-refractivity contribution >= 4 is 16.8 Å². The third-order valence-corrected chi connectivity index (χ3v) is 4.64. The first-order valence-corrected chi connectivity index (χ1v) is 9.07. The fourth-order valence-electron chi connectivity index (χ4n) is 3.00. The Morgan fingerprint density at radius 1 is 1.00 bits per heavy atom. The van der Waals surface area contributed by atoms with Gasteiger partial charge in [-0.2, -0.15) is 0 Å². The minimum atomic E-state index is -0.484. The zero-order valence-electron chi connectivity index (χ0n) is 15.5. The Morgan fingerprint density at radius 2 is 1.67 bits per heavy atom. The van der Waals surface area contributed by atoms with E-state index < -0.39 is 5.69 Å². The predicted octanol–water partition coefficient (Wildman–Crippen LogP) is 2.13. The summed E-state index contributed by atoms with van der Waals surface area (Å²) in [4.78, 5) is 38.3. The van der Waals surface area contributed by atoms with Gasteiger partial charge in [-0.15, -0.1) is 0 Å². The first kappa shape index (κ1) is 18.6. The van der Waals surface area contributed by atoms with Crippen LogP contribution in [0.1, 0.15) is 25.8 Å². The van der Waals surface area contributed by atoms with Gasteiger partial charge in [0.15, 0.2) is 0 Å². The Kier molecular flexibility index (Phi) is 5.54. The summed E-state index contributed by atoms with van der Waals surface area (Å²) in [5, 5.41) is 3.29. The fraction of sp³-hybridized carbons (Fsp3) is 0.286. The second kappa shape index (κ2) is 8.03. The number of nitrogens with zero attached hydrogens (tertiary/aromatic N) is 2. The molecule has 6 nitrogen and oxygen atoms in total. The van der Waals surface area contributed by atoms with E-state index in [1.807, 2.05) is 44.2 Å². The topological polar surface area (TPSA) is 73.1 Å². The van der Waals surface area contributed by atoms with Crippen LogP contribution < -0.4 is 16.6 Å². The van der Waals surface area contributed by atoms with E-state index in [0.29, 0.717) is 10.9 Å². The third kappa shape index (κ3) is 4.00. The van der Waals surface area contributed by atoms with Crippen molar-refractivity contribution in [3.63, 3.8) is 0 Å². The van der Waals surface area contributed by atoms with E-state index in [-0.39, 0.29) is 30.6 Å². The molecule has 1 amide bonds.